The highest BCUT2D eigenvalue weighted by Gasteiger charge is 2.42. The number of ether oxygens (including phenoxy) is 1. The Kier molecular flexibility index (Phi) is 6.17. The molecule has 0 aromatic heterocycles. The van der Waals surface area contributed by atoms with E-state index in [1.165, 1.54) is 6.07 Å². The lowest BCUT2D eigenvalue weighted by Gasteiger charge is -2.37. The van der Waals surface area contributed by atoms with E-state index in [-0.39, 0.29) is 21.4 Å². The normalized spacial score (nSPS) is 18.3. The Bertz CT molecular complexity index is 1030. The van der Waals surface area contributed by atoms with E-state index in [9.17, 15) is 18.0 Å². The SMILES string of the molecule is O=C(O)c1ccc(C2=NOC3(CCN(Cc4ccc(OC(F)(F)F)c(Br)c4)CC3)C2)cc1. The van der Waals surface area contributed by atoms with Crippen molar-refractivity contribution in [1.82, 2.24) is 4.90 Å². The molecule has 2 aromatic rings. The Morgan fingerprint density at radius 2 is 1.88 bits per heavy atom. The number of hydrogen-bond donors (Lipinski definition) is 1. The molecule has 0 saturated carbocycles. The Balaban J connectivity index is 1.32. The van der Waals surface area contributed by atoms with E-state index in [1.807, 2.05) is 0 Å². The Morgan fingerprint density at radius 3 is 2.47 bits per heavy atom. The number of hydrogen-bond acceptors (Lipinski definition) is 5. The minimum Gasteiger partial charge on any atom is -0.478 e. The summed E-state index contributed by atoms with van der Waals surface area (Å²) in [5.74, 6) is -1.24. The fourth-order valence-electron chi connectivity index (χ4n) is 3.98. The van der Waals surface area contributed by atoms with Crippen LogP contribution in [0.4, 0.5) is 13.2 Å². The van der Waals surface area contributed by atoms with Crippen molar-refractivity contribution in [3.8, 4) is 5.75 Å². The third-order valence-corrected chi connectivity index (χ3v) is 6.32. The molecule has 170 valence electrons. The van der Waals surface area contributed by atoms with Crippen LogP contribution >= 0.6 is 15.9 Å². The van der Waals surface area contributed by atoms with Gasteiger partial charge < -0.3 is 14.7 Å². The molecule has 1 spiro atoms. The van der Waals surface area contributed by atoms with Crippen LogP contribution in [0, 0.1) is 0 Å². The molecular weight excluding hydrogens is 493 g/mol. The zero-order chi connectivity index (χ0) is 22.9. The first-order chi connectivity index (χ1) is 15.1. The van der Waals surface area contributed by atoms with Gasteiger partial charge in [0.1, 0.15) is 11.4 Å². The smallest absolute Gasteiger partial charge is 0.478 e. The van der Waals surface area contributed by atoms with Crippen LogP contribution < -0.4 is 4.74 Å². The van der Waals surface area contributed by atoms with Crippen LogP contribution in [0.5, 0.6) is 5.75 Å². The van der Waals surface area contributed by atoms with Crippen LogP contribution in [0.25, 0.3) is 0 Å². The molecule has 0 radical (unpaired) electrons. The highest BCUT2D eigenvalue weighted by Crippen LogP contribution is 2.37. The van der Waals surface area contributed by atoms with Gasteiger partial charge in [0, 0.05) is 38.9 Å². The van der Waals surface area contributed by atoms with Crippen LogP contribution in [0.2, 0.25) is 0 Å². The molecule has 2 aromatic carbocycles. The van der Waals surface area contributed by atoms with Gasteiger partial charge in [0.25, 0.3) is 0 Å². The molecule has 2 aliphatic heterocycles. The third-order valence-electron chi connectivity index (χ3n) is 5.70. The minimum atomic E-state index is -4.73. The van der Waals surface area contributed by atoms with E-state index >= 15 is 0 Å². The summed E-state index contributed by atoms with van der Waals surface area (Å²) in [6.45, 7) is 2.13. The zero-order valence-electron chi connectivity index (χ0n) is 16.9. The van der Waals surface area contributed by atoms with E-state index in [1.54, 1.807) is 36.4 Å². The van der Waals surface area contributed by atoms with Crippen molar-refractivity contribution in [2.45, 2.75) is 37.8 Å². The second-order valence-electron chi connectivity index (χ2n) is 7.96. The predicted molar refractivity (Wildman–Crippen MR) is 114 cm³/mol. The average molecular weight is 513 g/mol. The third kappa shape index (κ3) is 5.24. The minimum absolute atomic E-state index is 0.223. The molecule has 2 aliphatic rings. The number of benzene rings is 2. The van der Waals surface area contributed by atoms with Gasteiger partial charge in [-0.15, -0.1) is 13.2 Å². The first-order valence-electron chi connectivity index (χ1n) is 9.98. The highest BCUT2D eigenvalue weighted by molar-refractivity contribution is 9.10. The lowest BCUT2D eigenvalue weighted by molar-refractivity contribution is -0.274. The predicted octanol–water partition coefficient (Wildman–Crippen LogP) is 5.21. The summed E-state index contributed by atoms with van der Waals surface area (Å²) < 4.78 is 41.5. The van der Waals surface area contributed by atoms with Gasteiger partial charge in [0.05, 0.1) is 15.7 Å². The molecular formula is C22H20BrF3N2O4. The second-order valence-corrected chi connectivity index (χ2v) is 8.81. The Labute approximate surface area is 190 Å². The first-order valence-corrected chi connectivity index (χ1v) is 10.8. The van der Waals surface area contributed by atoms with Crippen LogP contribution in [0.1, 0.15) is 40.7 Å². The second kappa shape index (κ2) is 8.74. The molecule has 1 fully saturated rings. The van der Waals surface area contributed by atoms with Crippen molar-refractivity contribution < 1.29 is 32.6 Å². The molecule has 0 bridgehead atoms. The summed E-state index contributed by atoms with van der Waals surface area (Å²) in [5, 5.41) is 13.3. The average Bonchev–Trinajstić information content (AvgIpc) is 3.15. The van der Waals surface area contributed by atoms with Crippen molar-refractivity contribution >= 4 is 27.6 Å². The molecule has 2 heterocycles. The van der Waals surface area contributed by atoms with Crippen molar-refractivity contribution in [3.05, 3.63) is 63.6 Å². The van der Waals surface area contributed by atoms with E-state index in [2.05, 4.69) is 30.7 Å². The van der Waals surface area contributed by atoms with Crippen LogP contribution in [0.15, 0.2) is 52.1 Å². The molecule has 4 rings (SSSR count). The largest absolute Gasteiger partial charge is 0.573 e. The van der Waals surface area contributed by atoms with Crippen molar-refractivity contribution in [1.29, 1.82) is 0 Å². The summed E-state index contributed by atoms with van der Waals surface area (Å²) in [7, 11) is 0. The maximum Gasteiger partial charge on any atom is 0.573 e. The number of piperidine rings is 1. The fourth-order valence-corrected chi connectivity index (χ4v) is 4.48. The van der Waals surface area contributed by atoms with E-state index in [0.29, 0.717) is 13.0 Å². The van der Waals surface area contributed by atoms with Gasteiger partial charge in [0.2, 0.25) is 0 Å². The van der Waals surface area contributed by atoms with Gasteiger partial charge in [-0.05, 0) is 51.3 Å². The molecule has 0 atom stereocenters. The quantitative estimate of drug-likeness (QED) is 0.595. The van der Waals surface area contributed by atoms with Gasteiger partial charge in [0.15, 0.2) is 0 Å². The van der Waals surface area contributed by atoms with Gasteiger partial charge in [-0.2, -0.15) is 0 Å². The summed E-state index contributed by atoms with van der Waals surface area (Å²) in [5.41, 5.74) is 2.38. The molecule has 32 heavy (non-hydrogen) atoms. The van der Waals surface area contributed by atoms with Gasteiger partial charge >= 0.3 is 12.3 Å². The number of likely N-dealkylation sites (tertiary alicyclic amines) is 1. The van der Waals surface area contributed by atoms with Crippen LogP contribution in [-0.4, -0.2) is 46.7 Å². The topological polar surface area (TPSA) is 71.4 Å². The number of alkyl halides is 3. The van der Waals surface area contributed by atoms with E-state index < -0.39 is 12.3 Å². The van der Waals surface area contributed by atoms with Gasteiger partial charge in [-0.1, -0.05) is 23.4 Å². The van der Waals surface area contributed by atoms with E-state index in [0.717, 1.165) is 42.8 Å². The summed E-state index contributed by atoms with van der Waals surface area (Å²) in [6.07, 6.45) is -2.54. The molecule has 0 aliphatic carbocycles. The summed E-state index contributed by atoms with van der Waals surface area (Å²) >= 11 is 3.14. The molecule has 6 nitrogen and oxygen atoms in total. The zero-order valence-corrected chi connectivity index (χ0v) is 18.4. The fraction of sp³-hybridized carbons (Fsp3) is 0.364. The van der Waals surface area contributed by atoms with Crippen molar-refractivity contribution in [2.24, 2.45) is 5.16 Å². The highest BCUT2D eigenvalue weighted by atomic mass is 79.9. The number of carboxylic acids is 1. The van der Waals surface area contributed by atoms with Crippen LogP contribution in [-0.2, 0) is 11.4 Å². The number of rotatable bonds is 5. The number of carbonyl (C=O) groups is 1. The number of oxime groups is 1. The number of halogens is 4. The van der Waals surface area contributed by atoms with Gasteiger partial charge in [-0.3, -0.25) is 4.90 Å². The molecule has 0 unspecified atom stereocenters. The number of aromatic carboxylic acids is 1. The molecule has 1 saturated heterocycles. The first kappa shape index (κ1) is 22.6. The maximum atomic E-state index is 12.4. The number of carboxylic acid groups (broad SMARTS) is 1. The van der Waals surface area contributed by atoms with Crippen LogP contribution in [0.3, 0.4) is 0 Å². The summed E-state index contributed by atoms with van der Waals surface area (Å²) in [4.78, 5) is 19.1. The summed E-state index contributed by atoms with van der Waals surface area (Å²) in [6, 6.07) is 11.2. The monoisotopic (exact) mass is 512 g/mol. The maximum absolute atomic E-state index is 12.4. The molecule has 0 amide bonds. The Hall–Kier alpha value is -2.59. The lowest BCUT2D eigenvalue weighted by atomic mass is 9.85. The Morgan fingerprint density at radius 1 is 1.19 bits per heavy atom. The molecule has 1 N–H and O–H groups in total. The van der Waals surface area contributed by atoms with Crippen molar-refractivity contribution in [3.63, 3.8) is 0 Å². The molecule has 10 heteroatoms. The lowest BCUT2D eigenvalue weighted by Crippen LogP contribution is -2.44. The number of nitrogens with zero attached hydrogens (tertiary/aromatic N) is 2. The van der Waals surface area contributed by atoms with Gasteiger partial charge in [-0.25, -0.2) is 4.79 Å². The van der Waals surface area contributed by atoms with E-state index in [4.69, 9.17) is 9.94 Å². The standard InChI is InChI=1S/C22H20BrF3N2O4/c23-17-11-14(1-6-19(17)31-22(24,25)26)13-28-9-7-21(8-10-28)12-18(27-32-21)15-2-4-16(5-3-15)20(29)30/h1-6,11H,7-10,12-13H2,(H,29,30). The van der Waals surface area contributed by atoms with Crippen molar-refractivity contribution in [2.75, 3.05) is 13.1 Å².